The monoisotopic (exact) mass is 378 g/mol. The van der Waals surface area contributed by atoms with Gasteiger partial charge in [0.1, 0.15) is 5.00 Å². The van der Waals surface area contributed by atoms with Gasteiger partial charge in [0.25, 0.3) is 5.91 Å². The van der Waals surface area contributed by atoms with E-state index in [1.165, 1.54) is 23.5 Å². The summed E-state index contributed by atoms with van der Waals surface area (Å²) in [7, 11) is 0. The molecule has 0 atom stereocenters. The van der Waals surface area contributed by atoms with Gasteiger partial charge in [0.2, 0.25) is 0 Å². The molecule has 0 fully saturated rings. The molecule has 0 aliphatic rings. The molecule has 0 aliphatic carbocycles. The minimum absolute atomic E-state index is 0.153. The van der Waals surface area contributed by atoms with Crippen LogP contribution in [0.25, 0.3) is 0 Å². The van der Waals surface area contributed by atoms with Crippen molar-refractivity contribution in [1.82, 2.24) is 0 Å². The molecule has 2 aromatic rings. The molecule has 0 saturated carbocycles. The molecule has 9 heteroatoms. The average Bonchev–Trinajstić information content (AvgIpc) is 2.87. The Labute approximate surface area is 153 Å². The minimum atomic E-state index is -0.732. The average molecular weight is 378 g/mol. The van der Waals surface area contributed by atoms with Crippen molar-refractivity contribution in [3.8, 4) is 0 Å². The molecule has 0 spiro atoms. The zero-order valence-electron chi connectivity index (χ0n) is 14.5. The molecular formula is C17H18N2O6S. The molecule has 1 amide bonds. The number of nitrogens with one attached hydrogen (secondary N) is 1. The van der Waals surface area contributed by atoms with Gasteiger partial charge >= 0.3 is 11.9 Å². The molecule has 2 heterocycles. The Morgan fingerprint density at radius 2 is 1.81 bits per heavy atom. The van der Waals surface area contributed by atoms with Crippen LogP contribution in [0.1, 0.15) is 38.1 Å². The van der Waals surface area contributed by atoms with Crippen LogP contribution in [0.5, 0.6) is 0 Å². The van der Waals surface area contributed by atoms with Crippen LogP contribution in [0.2, 0.25) is 0 Å². The SMILES string of the molecule is CCOC(=O)c1c(NC(=O)COC(=O)c2cc[n+]([O-])cc2)sc(C)c1C. The lowest BCUT2D eigenvalue weighted by Gasteiger charge is -2.08. The number of carbonyl (C=O) groups excluding carboxylic acids is 3. The summed E-state index contributed by atoms with van der Waals surface area (Å²) in [6.45, 7) is 4.99. The first-order valence-corrected chi connectivity index (χ1v) is 8.58. The molecule has 2 rings (SSSR count). The number of aromatic nitrogens is 1. The number of ether oxygens (including phenoxy) is 2. The van der Waals surface area contributed by atoms with E-state index in [1.807, 2.05) is 6.92 Å². The summed E-state index contributed by atoms with van der Waals surface area (Å²) >= 11 is 1.24. The van der Waals surface area contributed by atoms with Crippen molar-refractivity contribution in [2.45, 2.75) is 20.8 Å². The number of hydrogen-bond donors (Lipinski definition) is 1. The van der Waals surface area contributed by atoms with Crippen molar-refractivity contribution in [1.29, 1.82) is 0 Å². The summed E-state index contributed by atoms with van der Waals surface area (Å²) < 4.78 is 10.5. The number of hydrogen-bond acceptors (Lipinski definition) is 7. The third-order valence-corrected chi connectivity index (χ3v) is 4.61. The first kappa shape index (κ1) is 19.4. The normalized spacial score (nSPS) is 10.3. The summed E-state index contributed by atoms with van der Waals surface area (Å²) in [5.41, 5.74) is 1.19. The number of carbonyl (C=O) groups is 3. The highest BCUT2D eigenvalue weighted by molar-refractivity contribution is 7.16. The lowest BCUT2D eigenvalue weighted by atomic mass is 10.1. The van der Waals surface area contributed by atoms with E-state index in [0.29, 0.717) is 15.3 Å². The van der Waals surface area contributed by atoms with E-state index in [9.17, 15) is 19.6 Å². The van der Waals surface area contributed by atoms with Crippen LogP contribution in [0.4, 0.5) is 5.00 Å². The van der Waals surface area contributed by atoms with Gasteiger partial charge in [0.05, 0.1) is 17.7 Å². The molecule has 0 saturated heterocycles. The van der Waals surface area contributed by atoms with Gasteiger partial charge in [-0.2, -0.15) is 4.73 Å². The summed E-state index contributed by atoms with van der Waals surface area (Å²) in [5.74, 6) is -1.83. The van der Waals surface area contributed by atoms with Crippen molar-refractivity contribution in [2.24, 2.45) is 0 Å². The maximum absolute atomic E-state index is 12.1. The van der Waals surface area contributed by atoms with E-state index in [-0.39, 0.29) is 12.2 Å². The first-order valence-electron chi connectivity index (χ1n) is 7.76. The van der Waals surface area contributed by atoms with Crippen LogP contribution >= 0.6 is 11.3 Å². The number of aryl methyl sites for hydroxylation is 1. The Morgan fingerprint density at radius 1 is 1.15 bits per heavy atom. The molecule has 8 nitrogen and oxygen atoms in total. The topological polar surface area (TPSA) is 109 Å². The summed E-state index contributed by atoms with van der Waals surface area (Å²) in [5, 5.41) is 13.9. The Balaban J connectivity index is 2.01. The summed E-state index contributed by atoms with van der Waals surface area (Å²) in [4.78, 5) is 36.9. The van der Waals surface area contributed by atoms with Crippen molar-refractivity contribution < 1.29 is 28.6 Å². The standard InChI is InChI=1S/C17H18N2O6S/c1-4-24-17(22)14-10(2)11(3)26-15(14)18-13(20)9-25-16(21)12-5-7-19(23)8-6-12/h5-8H,4,9H2,1-3H3,(H,18,20). The zero-order valence-corrected chi connectivity index (χ0v) is 15.3. The van der Waals surface area contributed by atoms with Gasteiger partial charge in [0, 0.05) is 17.0 Å². The maximum atomic E-state index is 12.1. The van der Waals surface area contributed by atoms with Gasteiger partial charge in [-0.25, -0.2) is 9.59 Å². The molecule has 138 valence electrons. The van der Waals surface area contributed by atoms with E-state index in [2.05, 4.69) is 5.32 Å². The number of anilines is 1. The van der Waals surface area contributed by atoms with Crippen molar-refractivity contribution >= 4 is 34.2 Å². The Kier molecular flexibility index (Phi) is 6.29. The molecule has 26 heavy (non-hydrogen) atoms. The molecule has 2 aromatic heterocycles. The number of rotatable bonds is 6. The van der Waals surface area contributed by atoms with E-state index in [4.69, 9.17) is 9.47 Å². The van der Waals surface area contributed by atoms with E-state index in [0.717, 1.165) is 22.8 Å². The van der Waals surface area contributed by atoms with Crippen LogP contribution in [0.3, 0.4) is 0 Å². The lowest BCUT2D eigenvalue weighted by molar-refractivity contribution is -0.605. The van der Waals surface area contributed by atoms with Crippen molar-refractivity contribution in [2.75, 3.05) is 18.5 Å². The van der Waals surface area contributed by atoms with E-state index < -0.39 is 24.5 Å². The number of amides is 1. The van der Waals surface area contributed by atoms with Crippen molar-refractivity contribution in [3.05, 3.63) is 51.3 Å². The lowest BCUT2D eigenvalue weighted by Crippen LogP contribution is -2.25. The first-order chi connectivity index (χ1) is 12.3. The molecule has 1 N–H and O–H groups in total. The van der Waals surface area contributed by atoms with Gasteiger partial charge in [-0.3, -0.25) is 4.79 Å². The highest BCUT2D eigenvalue weighted by Gasteiger charge is 2.22. The number of esters is 2. The summed E-state index contributed by atoms with van der Waals surface area (Å²) in [6, 6.07) is 2.58. The fourth-order valence-electron chi connectivity index (χ4n) is 2.09. The molecule has 0 bridgehead atoms. The second-order valence-electron chi connectivity index (χ2n) is 5.28. The summed E-state index contributed by atoms with van der Waals surface area (Å²) in [6.07, 6.45) is 2.30. The molecule has 0 aliphatic heterocycles. The predicted octanol–water partition coefficient (Wildman–Crippen LogP) is 1.97. The van der Waals surface area contributed by atoms with Crippen LogP contribution < -0.4 is 10.0 Å². The molecule has 0 aromatic carbocycles. The smallest absolute Gasteiger partial charge is 0.341 e. The van der Waals surface area contributed by atoms with Gasteiger partial charge in [-0.1, -0.05) is 0 Å². The van der Waals surface area contributed by atoms with Gasteiger partial charge in [0.15, 0.2) is 19.0 Å². The Morgan fingerprint density at radius 3 is 2.42 bits per heavy atom. The van der Waals surface area contributed by atoms with Gasteiger partial charge < -0.3 is 20.0 Å². The predicted molar refractivity (Wildman–Crippen MR) is 94.1 cm³/mol. The third kappa shape index (κ3) is 4.57. The number of thiophene rings is 1. The second kappa shape index (κ2) is 8.43. The number of pyridine rings is 1. The Bertz CT molecular complexity index is 829. The second-order valence-corrected chi connectivity index (χ2v) is 6.50. The quantitative estimate of drug-likeness (QED) is 0.468. The fourth-order valence-corrected chi connectivity index (χ4v) is 3.15. The zero-order chi connectivity index (χ0) is 19.3. The van der Waals surface area contributed by atoms with Crippen LogP contribution in [-0.2, 0) is 14.3 Å². The molecule has 0 unspecified atom stereocenters. The van der Waals surface area contributed by atoms with Crippen LogP contribution in [0.15, 0.2) is 24.5 Å². The van der Waals surface area contributed by atoms with Gasteiger partial charge in [-0.05, 0) is 26.3 Å². The van der Waals surface area contributed by atoms with E-state index >= 15 is 0 Å². The van der Waals surface area contributed by atoms with Gasteiger partial charge in [-0.15, -0.1) is 11.3 Å². The third-order valence-electron chi connectivity index (χ3n) is 3.49. The molecule has 0 radical (unpaired) electrons. The van der Waals surface area contributed by atoms with Crippen LogP contribution in [0, 0.1) is 19.1 Å². The maximum Gasteiger partial charge on any atom is 0.341 e. The number of nitrogens with zero attached hydrogens (tertiary/aromatic N) is 1. The molecular weight excluding hydrogens is 360 g/mol. The minimum Gasteiger partial charge on any atom is -0.619 e. The van der Waals surface area contributed by atoms with Crippen LogP contribution in [-0.4, -0.2) is 31.1 Å². The highest BCUT2D eigenvalue weighted by Crippen LogP contribution is 2.33. The fraction of sp³-hybridized carbons (Fsp3) is 0.294. The van der Waals surface area contributed by atoms with Crippen molar-refractivity contribution in [3.63, 3.8) is 0 Å². The Hall–Kier alpha value is -2.94. The van der Waals surface area contributed by atoms with E-state index in [1.54, 1.807) is 13.8 Å². The highest BCUT2D eigenvalue weighted by atomic mass is 32.1. The largest absolute Gasteiger partial charge is 0.619 e.